The van der Waals surface area contributed by atoms with Crippen LogP contribution in [0.4, 0.5) is 0 Å². The molecule has 0 spiro atoms. The van der Waals surface area contributed by atoms with Gasteiger partial charge in [0.2, 0.25) is 11.8 Å². The Morgan fingerprint density at radius 1 is 1.38 bits per heavy atom. The molecule has 118 valence electrons. The van der Waals surface area contributed by atoms with Gasteiger partial charge in [0, 0.05) is 39.6 Å². The van der Waals surface area contributed by atoms with Crippen molar-refractivity contribution < 1.29 is 29.3 Å². The van der Waals surface area contributed by atoms with Crippen molar-refractivity contribution in [2.24, 2.45) is 5.92 Å². The number of methoxy groups -OCH3 is 1. The average molecular weight is 300 g/mol. The lowest BCUT2D eigenvalue weighted by Crippen LogP contribution is -2.44. The Morgan fingerprint density at radius 2 is 2.10 bits per heavy atom. The van der Waals surface area contributed by atoms with Gasteiger partial charge < -0.3 is 24.7 Å². The molecule has 0 aromatic heterocycles. The molecule has 2 saturated heterocycles. The highest BCUT2D eigenvalue weighted by Crippen LogP contribution is 2.25. The van der Waals surface area contributed by atoms with Gasteiger partial charge in [0.25, 0.3) is 0 Å². The fraction of sp³-hybridized carbons (Fsp3) is 0.769. The van der Waals surface area contributed by atoms with Crippen molar-refractivity contribution in [3.05, 3.63) is 0 Å². The van der Waals surface area contributed by atoms with Gasteiger partial charge in [-0.05, 0) is 0 Å². The number of β-amino-alcohol motifs (C(OH)–C–C–N with tert-alkyl or cyclic N) is 1. The molecule has 0 aromatic rings. The molecule has 3 atom stereocenters. The quantitative estimate of drug-likeness (QED) is 0.642. The van der Waals surface area contributed by atoms with Crippen molar-refractivity contribution in [2.75, 3.05) is 33.4 Å². The zero-order valence-electron chi connectivity index (χ0n) is 11.9. The summed E-state index contributed by atoms with van der Waals surface area (Å²) in [6.07, 6.45) is -0.701. The summed E-state index contributed by atoms with van der Waals surface area (Å²) in [5.41, 5.74) is 0. The van der Waals surface area contributed by atoms with Crippen LogP contribution < -0.4 is 0 Å². The molecule has 2 aliphatic heterocycles. The monoisotopic (exact) mass is 300 g/mol. The van der Waals surface area contributed by atoms with Crippen molar-refractivity contribution >= 4 is 17.8 Å². The number of carbonyl (C=O) groups is 3. The molecule has 21 heavy (non-hydrogen) atoms. The number of rotatable bonds is 5. The van der Waals surface area contributed by atoms with Crippen LogP contribution >= 0.6 is 0 Å². The number of carbonyl (C=O) groups excluding carboxylic acids is 2. The maximum absolute atomic E-state index is 12.4. The number of amides is 2. The van der Waals surface area contributed by atoms with Gasteiger partial charge in [0.05, 0.1) is 18.6 Å². The first-order chi connectivity index (χ1) is 9.93. The Bertz CT molecular complexity index is 440. The van der Waals surface area contributed by atoms with Crippen LogP contribution in [-0.2, 0) is 19.1 Å². The average Bonchev–Trinajstić information content (AvgIpc) is 2.99. The normalized spacial score (nSPS) is 29.2. The summed E-state index contributed by atoms with van der Waals surface area (Å²) in [5, 5.41) is 18.7. The Balaban J connectivity index is 2.00. The van der Waals surface area contributed by atoms with E-state index in [1.165, 1.54) is 12.0 Å². The SMILES string of the molecule is COCCN1CC(C(=O)N2C[C@H](O)C[C@@H]2C(=O)O)CC1=O. The van der Waals surface area contributed by atoms with E-state index in [0.717, 1.165) is 0 Å². The van der Waals surface area contributed by atoms with E-state index in [-0.39, 0.29) is 37.7 Å². The second-order valence-electron chi connectivity index (χ2n) is 5.47. The van der Waals surface area contributed by atoms with Crippen molar-refractivity contribution in [1.82, 2.24) is 9.80 Å². The van der Waals surface area contributed by atoms with Crippen molar-refractivity contribution in [2.45, 2.75) is 25.0 Å². The van der Waals surface area contributed by atoms with Gasteiger partial charge in [0.15, 0.2) is 0 Å². The number of aliphatic hydroxyl groups is 1. The maximum atomic E-state index is 12.4. The minimum Gasteiger partial charge on any atom is -0.480 e. The summed E-state index contributed by atoms with van der Waals surface area (Å²) in [7, 11) is 1.53. The molecule has 2 fully saturated rings. The molecule has 8 nitrogen and oxygen atoms in total. The third-order valence-corrected chi connectivity index (χ3v) is 3.98. The Labute approximate surface area is 122 Å². The zero-order chi connectivity index (χ0) is 15.6. The highest BCUT2D eigenvalue weighted by atomic mass is 16.5. The predicted octanol–water partition coefficient (Wildman–Crippen LogP) is -1.47. The number of carboxylic acid groups (broad SMARTS) is 1. The van der Waals surface area contributed by atoms with E-state index in [2.05, 4.69) is 0 Å². The minimum absolute atomic E-state index is 0.0125. The van der Waals surface area contributed by atoms with Gasteiger partial charge in [-0.15, -0.1) is 0 Å². The van der Waals surface area contributed by atoms with Gasteiger partial charge in [-0.2, -0.15) is 0 Å². The van der Waals surface area contributed by atoms with E-state index in [0.29, 0.717) is 13.2 Å². The number of nitrogens with zero attached hydrogens (tertiary/aromatic N) is 2. The molecular formula is C13H20N2O6. The Morgan fingerprint density at radius 3 is 2.71 bits per heavy atom. The van der Waals surface area contributed by atoms with Gasteiger partial charge in [-0.3, -0.25) is 9.59 Å². The lowest BCUT2D eigenvalue weighted by Gasteiger charge is -2.24. The van der Waals surface area contributed by atoms with Gasteiger partial charge >= 0.3 is 5.97 Å². The molecule has 1 unspecified atom stereocenters. The zero-order valence-corrected chi connectivity index (χ0v) is 11.9. The lowest BCUT2D eigenvalue weighted by atomic mass is 10.1. The van der Waals surface area contributed by atoms with Gasteiger partial charge in [-0.25, -0.2) is 4.79 Å². The third kappa shape index (κ3) is 3.33. The molecule has 0 saturated carbocycles. The number of carboxylic acids is 1. The van der Waals surface area contributed by atoms with Crippen molar-refractivity contribution in [1.29, 1.82) is 0 Å². The third-order valence-electron chi connectivity index (χ3n) is 3.98. The molecule has 2 rings (SSSR count). The summed E-state index contributed by atoms with van der Waals surface area (Å²) in [4.78, 5) is 38.1. The van der Waals surface area contributed by atoms with Crippen LogP contribution in [0.5, 0.6) is 0 Å². The molecule has 2 aliphatic rings. The summed E-state index contributed by atoms with van der Waals surface area (Å²) in [6, 6.07) is -1.00. The van der Waals surface area contributed by atoms with Gasteiger partial charge in [0.1, 0.15) is 6.04 Å². The highest BCUT2D eigenvalue weighted by molar-refractivity contribution is 5.91. The number of aliphatic carboxylic acids is 1. The standard InChI is InChI=1S/C13H20N2O6/c1-21-3-2-14-6-8(4-11(14)17)12(18)15-7-9(16)5-10(15)13(19)20/h8-10,16H,2-7H2,1H3,(H,19,20)/t8?,9-,10-/m1/s1. The van der Waals surface area contributed by atoms with Crippen LogP contribution in [0, 0.1) is 5.92 Å². The first-order valence-corrected chi connectivity index (χ1v) is 6.92. The number of likely N-dealkylation sites (tertiary alicyclic amines) is 2. The molecule has 0 aliphatic carbocycles. The molecule has 8 heteroatoms. The second-order valence-corrected chi connectivity index (χ2v) is 5.47. The summed E-state index contributed by atoms with van der Waals surface area (Å²) in [5.74, 6) is -2.16. The van der Waals surface area contributed by atoms with Crippen LogP contribution in [0.3, 0.4) is 0 Å². The first-order valence-electron chi connectivity index (χ1n) is 6.92. The largest absolute Gasteiger partial charge is 0.480 e. The summed E-state index contributed by atoms with van der Waals surface area (Å²) >= 11 is 0. The smallest absolute Gasteiger partial charge is 0.326 e. The van der Waals surface area contributed by atoms with E-state index in [1.807, 2.05) is 0 Å². The van der Waals surface area contributed by atoms with Gasteiger partial charge in [-0.1, -0.05) is 0 Å². The highest BCUT2D eigenvalue weighted by Gasteiger charge is 2.44. The lowest BCUT2D eigenvalue weighted by molar-refractivity contribution is -0.149. The molecule has 0 aromatic carbocycles. The Hall–Kier alpha value is -1.67. The van der Waals surface area contributed by atoms with E-state index in [9.17, 15) is 19.5 Å². The fourth-order valence-electron chi connectivity index (χ4n) is 2.88. The Kier molecular flexibility index (Phi) is 4.79. The number of hydrogen-bond donors (Lipinski definition) is 2. The number of hydrogen-bond acceptors (Lipinski definition) is 5. The van der Waals surface area contributed by atoms with E-state index in [4.69, 9.17) is 9.84 Å². The van der Waals surface area contributed by atoms with E-state index in [1.54, 1.807) is 4.90 Å². The molecule has 2 heterocycles. The predicted molar refractivity (Wildman–Crippen MR) is 70.3 cm³/mol. The van der Waals surface area contributed by atoms with Crippen LogP contribution in [0.25, 0.3) is 0 Å². The molecule has 2 N–H and O–H groups in total. The van der Waals surface area contributed by atoms with Crippen molar-refractivity contribution in [3.8, 4) is 0 Å². The summed E-state index contributed by atoms with van der Waals surface area (Å²) in [6.45, 7) is 1.11. The molecule has 0 bridgehead atoms. The van der Waals surface area contributed by atoms with Crippen molar-refractivity contribution in [3.63, 3.8) is 0 Å². The molecular weight excluding hydrogens is 280 g/mol. The number of aliphatic hydroxyl groups excluding tert-OH is 1. The molecule has 0 radical (unpaired) electrons. The van der Waals surface area contributed by atoms with Crippen LogP contribution in [0.2, 0.25) is 0 Å². The van der Waals surface area contributed by atoms with Crippen LogP contribution in [0.15, 0.2) is 0 Å². The first kappa shape index (κ1) is 15.7. The maximum Gasteiger partial charge on any atom is 0.326 e. The fourth-order valence-corrected chi connectivity index (χ4v) is 2.88. The van der Waals surface area contributed by atoms with Crippen LogP contribution in [-0.4, -0.2) is 83.3 Å². The molecule has 2 amide bonds. The van der Waals surface area contributed by atoms with Crippen LogP contribution in [0.1, 0.15) is 12.8 Å². The topological polar surface area (TPSA) is 107 Å². The number of ether oxygens (including phenoxy) is 1. The van der Waals surface area contributed by atoms with E-state index >= 15 is 0 Å². The minimum atomic E-state index is -1.12. The summed E-state index contributed by atoms with van der Waals surface area (Å²) < 4.78 is 4.91. The second kappa shape index (κ2) is 6.40. The van der Waals surface area contributed by atoms with E-state index < -0.39 is 24.0 Å².